The highest BCUT2D eigenvalue weighted by atomic mass is 35.5. The zero-order chi connectivity index (χ0) is 17.5. The van der Waals surface area contributed by atoms with Crippen molar-refractivity contribution in [1.82, 2.24) is 10.2 Å². The summed E-state index contributed by atoms with van der Waals surface area (Å²) in [6.45, 7) is 1.33. The summed E-state index contributed by atoms with van der Waals surface area (Å²) in [5.74, 6) is -0.152. The average molecular weight is 363 g/mol. The molecule has 0 saturated heterocycles. The molecule has 126 valence electrons. The van der Waals surface area contributed by atoms with Crippen LogP contribution in [0.5, 0.6) is 0 Å². The minimum Gasteiger partial charge on any atom is -0.348 e. The Morgan fingerprint density at radius 3 is 2.46 bits per heavy atom. The first-order chi connectivity index (χ1) is 11.5. The normalized spacial score (nSPS) is 11.2. The van der Waals surface area contributed by atoms with E-state index in [0.29, 0.717) is 16.6 Å². The smallest absolute Gasteiger partial charge is 0.244 e. The van der Waals surface area contributed by atoms with Gasteiger partial charge in [0.05, 0.1) is 10.0 Å². The van der Waals surface area contributed by atoms with Crippen LogP contribution in [0.4, 0.5) is 0 Å². The molecule has 0 aliphatic heterocycles. The van der Waals surface area contributed by atoms with E-state index in [9.17, 15) is 4.79 Å². The zero-order valence-electron chi connectivity index (χ0n) is 13.7. The van der Waals surface area contributed by atoms with Crippen molar-refractivity contribution < 1.29 is 4.79 Å². The standard InChI is InChI=1S/C19H20Cl2N2O/c1-23(2)13-16-6-4-3-5-15(16)12-22-19(24)10-8-14-7-9-17(20)18(21)11-14/h3-11H,12-13H2,1-2H3,(H,22,24)/b10-8+. The molecule has 0 aliphatic carbocycles. The van der Waals surface area contributed by atoms with Gasteiger partial charge in [0.1, 0.15) is 0 Å². The second-order valence-electron chi connectivity index (χ2n) is 5.73. The van der Waals surface area contributed by atoms with Crippen molar-refractivity contribution in [3.8, 4) is 0 Å². The molecule has 0 aliphatic rings. The third kappa shape index (κ3) is 5.68. The van der Waals surface area contributed by atoms with Crippen LogP contribution in [-0.4, -0.2) is 24.9 Å². The highest BCUT2D eigenvalue weighted by Gasteiger charge is 2.04. The number of nitrogens with one attached hydrogen (secondary N) is 1. The summed E-state index contributed by atoms with van der Waals surface area (Å²) in [5, 5.41) is 3.87. The van der Waals surface area contributed by atoms with Crippen LogP contribution in [0.3, 0.4) is 0 Å². The Balaban J connectivity index is 1.96. The molecule has 0 atom stereocenters. The molecule has 2 aromatic rings. The molecule has 2 aromatic carbocycles. The Morgan fingerprint density at radius 1 is 1.08 bits per heavy atom. The van der Waals surface area contributed by atoms with Crippen LogP contribution in [0.15, 0.2) is 48.5 Å². The molecule has 24 heavy (non-hydrogen) atoms. The lowest BCUT2D eigenvalue weighted by Crippen LogP contribution is -2.22. The molecule has 0 unspecified atom stereocenters. The van der Waals surface area contributed by atoms with Crippen LogP contribution in [0.25, 0.3) is 6.08 Å². The number of amides is 1. The lowest BCUT2D eigenvalue weighted by molar-refractivity contribution is -0.116. The topological polar surface area (TPSA) is 32.3 Å². The van der Waals surface area contributed by atoms with Gasteiger partial charge in [0.15, 0.2) is 0 Å². The molecule has 1 amide bonds. The summed E-state index contributed by atoms with van der Waals surface area (Å²) in [4.78, 5) is 14.1. The van der Waals surface area contributed by atoms with E-state index in [1.807, 2.05) is 38.4 Å². The van der Waals surface area contributed by atoms with Crippen LogP contribution in [0, 0.1) is 0 Å². The monoisotopic (exact) mass is 362 g/mol. The first kappa shape index (κ1) is 18.5. The van der Waals surface area contributed by atoms with Gasteiger partial charge in [-0.05, 0) is 49.0 Å². The summed E-state index contributed by atoms with van der Waals surface area (Å²) >= 11 is 11.8. The maximum atomic E-state index is 12.0. The molecule has 0 bridgehead atoms. The molecule has 0 fully saturated rings. The number of nitrogens with zero attached hydrogens (tertiary/aromatic N) is 1. The molecule has 2 rings (SSSR count). The van der Waals surface area contributed by atoms with Gasteiger partial charge >= 0.3 is 0 Å². The van der Waals surface area contributed by atoms with E-state index < -0.39 is 0 Å². The van der Waals surface area contributed by atoms with Gasteiger partial charge in [-0.25, -0.2) is 0 Å². The van der Waals surface area contributed by atoms with Gasteiger partial charge in [-0.3, -0.25) is 4.79 Å². The van der Waals surface area contributed by atoms with Crippen molar-refractivity contribution in [2.75, 3.05) is 14.1 Å². The predicted molar refractivity (Wildman–Crippen MR) is 101 cm³/mol. The van der Waals surface area contributed by atoms with Crippen LogP contribution in [-0.2, 0) is 17.9 Å². The maximum Gasteiger partial charge on any atom is 0.244 e. The number of halogens is 2. The fraction of sp³-hybridized carbons (Fsp3) is 0.211. The molecular weight excluding hydrogens is 343 g/mol. The summed E-state index contributed by atoms with van der Waals surface area (Å²) in [6, 6.07) is 13.3. The van der Waals surface area contributed by atoms with E-state index in [-0.39, 0.29) is 5.91 Å². The van der Waals surface area contributed by atoms with E-state index >= 15 is 0 Å². The van der Waals surface area contributed by atoms with Gasteiger partial charge in [0, 0.05) is 19.2 Å². The Morgan fingerprint density at radius 2 is 1.79 bits per heavy atom. The number of hydrogen-bond donors (Lipinski definition) is 1. The molecule has 0 spiro atoms. The maximum absolute atomic E-state index is 12.0. The third-order valence-corrected chi connectivity index (χ3v) is 4.17. The fourth-order valence-corrected chi connectivity index (χ4v) is 2.56. The van der Waals surface area contributed by atoms with Crippen LogP contribution >= 0.6 is 23.2 Å². The Hall–Kier alpha value is -1.81. The van der Waals surface area contributed by atoms with Crippen molar-refractivity contribution in [2.24, 2.45) is 0 Å². The molecular formula is C19H20Cl2N2O. The number of rotatable bonds is 6. The summed E-state index contributed by atoms with van der Waals surface area (Å²) in [6.07, 6.45) is 3.21. The number of carbonyl (C=O) groups excluding carboxylic acids is 1. The third-order valence-electron chi connectivity index (χ3n) is 3.43. The molecule has 3 nitrogen and oxygen atoms in total. The van der Waals surface area contributed by atoms with E-state index in [4.69, 9.17) is 23.2 Å². The molecule has 5 heteroatoms. The average Bonchev–Trinajstić information content (AvgIpc) is 2.54. The lowest BCUT2D eigenvalue weighted by Gasteiger charge is -2.14. The molecule has 0 radical (unpaired) electrons. The molecule has 1 N–H and O–H groups in total. The number of carbonyl (C=O) groups is 1. The van der Waals surface area contributed by atoms with Crippen molar-refractivity contribution in [3.05, 3.63) is 75.3 Å². The first-order valence-electron chi connectivity index (χ1n) is 7.58. The molecule has 0 saturated carbocycles. The summed E-state index contributed by atoms with van der Waals surface area (Å²) in [7, 11) is 4.05. The van der Waals surface area contributed by atoms with Gasteiger partial charge in [-0.15, -0.1) is 0 Å². The van der Waals surface area contributed by atoms with Crippen LogP contribution in [0.2, 0.25) is 10.0 Å². The highest BCUT2D eigenvalue weighted by Crippen LogP contribution is 2.23. The van der Waals surface area contributed by atoms with E-state index in [0.717, 1.165) is 17.7 Å². The van der Waals surface area contributed by atoms with Gasteiger partial charge in [-0.1, -0.05) is 53.5 Å². The van der Waals surface area contributed by atoms with Crippen LogP contribution < -0.4 is 5.32 Å². The molecule has 0 heterocycles. The second kappa shape index (κ2) is 8.88. The lowest BCUT2D eigenvalue weighted by atomic mass is 10.1. The van der Waals surface area contributed by atoms with Gasteiger partial charge < -0.3 is 10.2 Å². The fourth-order valence-electron chi connectivity index (χ4n) is 2.25. The SMILES string of the molecule is CN(C)Cc1ccccc1CNC(=O)/C=C/c1ccc(Cl)c(Cl)c1. The van der Waals surface area contributed by atoms with Gasteiger partial charge in [-0.2, -0.15) is 0 Å². The van der Waals surface area contributed by atoms with Crippen molar-refractivity contribution in [3.63, 3.8) is 0 Å². The van der Waals surface area contributed by atoms with Crippen molar-refractivity contribution in [2.45, 2.75) is 13.1 Å². The van der Waals surface area contributed by atoms with E-state index in [1.54, 1.807) is 18.2 Å². The predicted octanol–water partition coefficient (Wildman–Crippen LogP) is 4.38. The first-order valence-corrected chi connectivity index (χ1v) is 8.34. The minimum absolute atomic E-state index is 0.152. The van der Waals surface area contributed by atoms with Crippen LogP contribution in [0.1, 0.15) is 16.7 Å². The number of benzene rings is 2. The molecule has 0 aromatic heterocycles. The Bertz CT molecular complexity index is 742. The second-order valence-corrected chi connectivity index (χ2v) is 6.55. The van der Waals surface area contributed by atoms with Crippen molar-refractivity contribution >= 4 is 35.2 Å². The largest absolute Gasteiger partial charge is 0.348 e. The highest BCUT2D eigenvalue weighted by molar-refractivity contribution is 6.42. The summed E-state index contributed by atoms with van der Waals surface area (Å²) in [5.41, 5.74) is 3.14. The van der Waals surface area contributed by atoms with Gasteiger partial charge in [0.25, 0.3) is 0 Å². The van der Waals surface area contributed by atoms with E-state index in [1.165, 1.54) is 11.6 Å². The zero-order valence-corrected chi connectivity index (χ0v) is 15.2. The van der Waals surface area contributed by atoms with Gasteiger partial charge in [0.2, 0.25) is 5.91 Å². The van der Waals surface area contributed by atoms with Crippen molar-refractivity contribution in [1.29, 1.82) is 0 Å². The summed E-state index contributed by atoms with van der Waals surface area (Å²) < 4.78 is 0. The quantitative estimate of drug-likeness (QED) is 0.773. The minimum atomic E-state index is -0.152. The Kier molecular flexibility index (Phi) is 6.85. The number of hydrogen-bond acceptors (Lipinski definition) is 2. The van der Waals surface area contributed by atoms with E-state index in [2.05, 4.69) is 16.3 Å². The Labute approximate surface area is 152 Å².